The first-order valence-electron chi connectivity index (χ1n) is 14.3. The van der Waals surface area contributed by atoms with Crippen molar-refractivity contribution in [2.24, 2.45) is 0 Å². The molecule has 0 amide bonds. The van der Waals surface area contributed by atoms with Crippen molar-refractivity contribution in [1.82, 2.24) is 9.97 Å². The zero-order chi connectivity index (χ0) is 29.0. The van der Waals surface area contributed by atoms with Crippen molar-refractivity contribution >= 4 is 27.6 Å². The van der Waals surface area contributed by atoms with Crippen LogP contribution < -0.4 is 4.74 Å². The second-order valence-corrected chi connectivity index (χ2v) is 13.1. The molecule has 3 heterocycles. The fourth-order valence-corrected chi connectivity index (χ4v) is 7.48. The van der Waals surface area contributed by atoms with E-state index in [1.165, 1.54) is 18.6 Å². The van der Waals surface area contributed by atoms with Gasteiger partial charge in [0.1, 0.15) is 19.0 Å². The number of ether oxygens (including phenoxy) is 2. The van der Waals surface area contributed by atoms with Crippen LogP contribution in [0.25, 0.3) is 11.4 Å². The molecular formula is C35H34N2O3S2. The van der Waals surface area contributed by atoms with Crippen LogP contribution in [0.2, 0.25) is 0 Å². The molecule has 42 heavy (non-hydrogen) atoms. The van der Waals surface area contributed by atoms with Gasteiger partial charge in [-0.15, -0.1) is 0 Å². The summed E-state index contributed by atoms with van der Waals surface area (Å²) in [6.45, 7) is 2.78. The Kier molecular flexibility index (Phi) is 11.0. The van der Waals surface area contributed by atoms with E-state index in [0.29, 0.717) is 19.6 Å². The third-order valence-corrected chi connectivity index (χ3v) is 9.86. The minimum absolute atomic E-state index is 0.121. The smallest absolute Gasteiger partial charge is 0.306 e. The summed E-state index contributed by atoms with van der Waals surface area (Å²) in [5.41, 5.74) is 6.64. The number of unbranched alkanes of at least 4 members (excludes halogenated alkanes) is 1. The van der Waals surface area contributed by atoms with E-state index in [2.05, 4.69) is 21.8 Å². The standard InChI is InChI=1S/C35H34N2O3S2/c1-26-16-19-36-33(22-26)34-23-30(17-20-37-34)25-39-31-14-12-28(13-15-31)7-6-27-8-10-29(11-9-27)24-40-35(38)5-3-2-4-32-18-21-41-42-32/h8-17,19-20,22-23,32H,2-5,18,21,24-25H2,1H3. The molecule has 1 fully saturated rings. The van der Waals surface area contributed by atoms with Crippen LogP contribution in [0.5, 0.6) is 5.75 Å². The summed E-state index contributed by atoms with van der Waals surface area (Å²) in [5.74, 6) is 8.31. The maximum absolute atomic E-state index is 12.1. The largest absolute Gasteiger partial charge is 0.489 e. The molecule has 1 aliphatic heterocycles. The van der Waals surface area contributed by atoms with E-state index in [1.54, 1.807) is 12.4 Å². The molecule has 1 saturated heterocycles. The van der Waals surface area contributed by atoms with Gasteiger partial charge in [0.25, 0.3) is 0 Å². The highest BCUT2D eigenvalue weighted by Gasteiger charge is 2.16. The second-order valence-electron chi connectivity index (χ2n) is 10.3. The Morgan fingerprint density at radius 2 is 1.57 bits per heavy atom. The van der Waals surface area contributed by atoms with E-state index in [1.807, 2.05) is 101 Å². The lowest BCUT2D eigenvalue weighted by Crippen LogP contribution is -2.05. The zero-order valence-corrected chi connectivity index (χ0v) is 25.4. The van der Waals surface area contributed by atoms with Crippen molar-refractivity contribution in [2.75, 3.05) is 5.75 Å². The van der Waals surface area contributed by atoms with Crippen LogP contribution in [0.1, 0.15) is 59.9 Å². The molecule has 5 rings (SSSR count). The van der Waals surface area contributed by atoms with Crippen molar-refractivity contribution in [3.8, 4) is 29.0 Å². The van der Waals surface area contributed by atoms with Crippen molar-refractivity contribution in [1.29, 1.82) is 0 Å². The summed E-state index contributed by atoms with van der Waals surface area (Å²) in [5, 5.41) is 0.765. The number of hydrogen-bond acceptors (Lipinski definition) is 7. The number of hydrogen-bond donors (Lipinski definition) is 0. The summed E-state index contributed by atoms with van der Waals surface area (Å²) in [7, 11) is 3.96. The summed E-state index contributed by atoms with van der Waals surface area (Å²) in [4.78, 5) is 21.0. The number of pyridine rings is 2. The summed E-state index contributed by atoms with van der Waals surface area (Å²) in [6.07, 6.45) is 8.57. The maximum atomic E-state index is 12.1. The van der Waals surface area contributed by atoms with Gasteiger partial charge >= 0.3 is 5.97 Å². The normalized spacial score (nSPS) is 14.2. The highest BCUT2D eigenvalue weighted by Crippen LogP contribution is 2.39. The number of benzene rings is 2. The van der Waals surface area contributed by atoms with Gasteiger partial charge in [-0.3, -0.25) is 14.8 Å². The zero-order valence-electron chi connectivity index (χ0n) is 23.8. The average Bonchev–Trinajstić information content (AvgIpc) is 3.55. The first kappa shape index (κ1) is 29.8. The molecule has 5 nitrogen and oxygen atoms in total. The second kappa shape index (κ2) is 15.5. The van der Waals surface area contributed by atoms with E-state index in [0.717, 1.165) is 63.0 Å². The number of rotatable bonds is 11. The first-order chi connectivity index (χ1) is 20.6. The molecule has 2 aromatic carbocycles. The van der Waals surface area contributed by atoms with Crippen LogP contribution in [0, 0.1) is 18.8 Å². The number of carbonyl (C=O) groups excluding carboxylic acids is 1. The molecule has 1 aliphatic rings. The Hall–Kier alpha value is -3.73. The number of esters is 1. The summed E-state index contributed by atoms with van der Waals surface area (Å²) < 4.78 is 11.4. The quantitative estimate of drug-likeness (QED) is 0.0751. The molecular weight excluding hydrogens is 561 g/mol. The number of nitrogens with zero attached hydrogens (tertiary/aromatic N) is 2. The minimum atomic E-state index is -0.121. The van der Waals surface area contributed by atoms with Crippen molar-refractivity contribution in [3.63, 3.8) is 0 Å². The number of aryl methyl sites for hydroxylation is 1. The van der Waals surface area contributed by atoms with E-state index in [9.17, 15) is 4.79 Å². The van der Waals surface area contributed by atoms with Gasteiger partial charge in [-0.2, -0.15) is 0 Å². The van der Waals surface area contributed by atoms with Gasteiger partial charge in [0.15, 0.2) is 0 Å². The van der Waals surface area contributed by atoms with E-state index in [4.69, 9.17) is 9.47 Å². The Morgan fingerprint density at radius 1 is 0.857 bits per heavy atom. The minimum Gasteiger partial charge on any atom is -0.489 e. The number of aromatic nitrogens is 2. The van der Waals surface area contributed by atoms with Gasteiger partial charge in [-0.1, -0.05) is 52.0 Å². The maximum Gasteiger partial charge on any atom is 0.306 e. The van der Waals surface area contributed by atoms with Crippen LogP contribution in [0.3, 0.4) is 0 Å². The SMILES string of the molecule is Cc1ccnc(-c2cc(COc3ccc(C#Cc4ccc(COC(=O)CCCCC5CCSS5)cc4)cc3)ccn2)c1. The molecule has 214 valence electrons. The lowest BCUT2D eigenvalue weighted by atomic mass is 10.1. The third-order valence-electron chi connectivity index (χ3n) is 6.85. The molecule has 7 heteroatoms. The van der Waals surface area contributed by atoms with Crippen LogP contribution in [0.15, 0.2) is 85.2 Å². The predicted molar refractivity (Wildman–Crippen MR) is 172 cm³/mol. The van der Waals surface area contributed by atoms with Crippen LogP contribution >= 0.6 is 21.6 Å². The summed E-state index contributed by atoms with van der Waals surface area (Å²) >= 11 is 0. The fraction of sp³-hybridized carbons (Fsp3) is 0.286. The van der Waals surface area contributed by atoms with E-state index in [-0.39, 0.29) is 5.97 Å². The molecule has 0 aliphatic carbocycles. The van der Waals surface area contributed by atoms with E-state index >= 15 is 0 Å². The molecule has 1 atom stereocenters. The number of carbonyl (C=O) groups is 1. The monoisotopic (exact) mass is 594 g/mol. The highest BCUT2D eigenvalue weighted by atomic mass is 33.1. The van der Waals surface area contributed by atoms with Crippen LogP contribution in [-0.2, 0) is 22.7 Å². The molecule has 0 radical (unpaired) electrons. The first-order valence-corrected chi connectivity index (χ1v) is 16.6. The van der Waals surface area contributed by atoms with Crippen molar-refractivity contribution in [2.45, 2.75) is 57.5 Å². The van der Waals surface area contributed by atoms with Gasteiger partial charge in [-0.25, -0.2) is 0 Å². The molecule has 0 saturated carbocycles. The molecule has 2 aromatic heterocycles. The third kappa shape index (κ3) is 9.40. The van der Waals surface area contributed by atoms with Gasteiger partial charge in [-0.05, 0) is 104 Å². The Morgan fingerprint density at radius 3 is 2.29 bits per heavy atom. The molecule has 0 spiro atoms. The summed E-state index contributed by atoms with van der Waals surface area (Å²) in [6, 6.07) is 23.6. The average molecular weight is 595 g/mol. The Labute approximate surface area is 256 Å². The van der Waals surface area contributed by atoms with Crippen molar-refractivity contribution in [3.05, 3.63) is 113 Å². The topological polar surface area (TPSA) is 61.3 Å². The Balaban J connectivity index is 1.05. The van der Waals surface area contributed by atoms with Gasteiger partial charge < -0.3 is 9.47 Å². The lowest BCUT2D eigenvalue weighted by molar-refractivity contribution is -0.145. The van der Waals surface area contributed by atoms with Gasteiger partial charge in [0.05, 0.1) is 11.4 Å². The Bertz CT molecular complexity index is 1520. The van der Waals surface area contributed by atoms with Crippen molar-refractivity contribution < 1.29 is 14.3 Å². The van der Waals surface area contributed by atoms with Crippen LogP contribution in [-0.4, -0.2) is 26.9 Å². The lowest BCUT2D eigenvalue weighted by Gasteiger charge is -2.08. The van der Waals surface area contributed by atoms with E-state index < -0.39 is 0 Å². The van der Waals surface area contributed by atoms with Gasteiger partial charge in [0, 0.05) is 40.9 Å². The van der Waals surface area contributed by atoms with Crippen LogP contribution in [0.4, 0.5) is 0 Å². The molecule has 0 bridgehead atoms. The van der Waals surface area contributed by atoms with Gasteiger partial charge in [0.2, 0.25) is 0 Å². The molecule has 1 unspecified atom stereocenters. The fourth-order valence-electron chi connectivity index (χ4n) is 4.45. The highest BCUT2D eigenvalue weighted by molar-refractivity contribution is 8.77. The molecule has 0 N–H and O–H groups in total. The predicted octanol–water partition coefficient (Wildman–Crippen LogP) is 8.19. The molecule has 4 aromatic rings.